The minimum atomic E-state index is -0.379. The molecule has 1 aromatic rings. The third-order valence-electron chi connectivity index (χ3n) is 8.71. The molecule has 0 bridgehead atoms. The molecular formula is C31H44N6O5. The standard InChI is InChI=1S/C31H44N6O5/c1-41-29(33-23-12-6-3-7-13-23)27(28(38)32-22-10-4-2-5-11-22)35-34-25-15-8-14-24-26(25)31(40)37(30(24)39)17-9-16-36-18-20-42-21-19-36/h8,14-15,22-23,33H,2-7,9-13,16-21H2,1H3,(H,32,38)/b29-27-,35-34?. The van der Waals surface area contributed by atoms with Crippen LogP contribution in [0.15, 0.2) is 40.0 Å². The first kappa shape index (κ1) is 30.2. The molecule has 3 amide bonds. The number of azo groups is 1. The fourth-order valence-corrected chi connectivity index (χ4v) is 6.33. The van der Waals surface area contributed by atoms with Crippen molar-refractivity contribution >= 4 is 23.4 Å². The van der Waals surface area contributed by atoms with Crippen LogP contribution in [0.3, 0.4) is 0 Å². The van der Waals surface area contributed by atoms with Gasteiger partial charge in [-0.2, -0.15) is 0 Å². The van der Waals surface area contributed by atoms with Crippen molar-refractivity contribution in [2.75, 3.05) is 46.5 Å². The molecule has 2 heterocycles. The fourth-order valence-electron chi connectivity index (χ4n) is 6.33. The van der Waals surface area contributed by atoms with Crippen LogP contribution in [0.4, 0.5) is 5.69 Å². The lowest BCUT2D eigenvalue weighted by Crippen LogP contribution is -2.39. The van der Waals surface area contributed by atoms with Crippen molar-refractivity contribution in [3.05, 3.63) is 40.9 Å². The summed E-state index contributed by atoms with van der Waals surface area (Å²) in [6.45, 7) is 4.25. The summed E-state index contributed by atoms with van der Waals surface area (Å²) in [4.78, 5) is 43.7. The third-order valence-corrected chi connectivity index (χ3v) is 8.71. The number of nitrogens with one attached hydrogen (secondary N) is 2. The highest BCUT2D eigenvalue weighted by molar-refractivity contribution is 6.23. The van der Waals surface area contributed by atoms with E-state index in [0.29, 0.717) is 31.7 Å². The second-order valence-electron chi connectivity index (χ2n) is 11.6. The highest BCUT2D eigenvalue weighted by Crippen LogP contribution is 2.32. The Balaban J connectivity index is 1.35. The van der Waals surface area contributed by atoms with Gasteiger partial charge in [-0.05, 0) is 44.2 Å². The lowest BCUT2D eigenvalue weighted by atomic mass is 9.95. The van der Waals surface area contributed by atoms with Gasteiger partial charge in [0, 0.05) is 38.3 Å². The zero-order valence-electron chi connectivity index (χ0n) is 24.7. The van der Waals surface area contributed by atoms with Gasteiger partial charge in [-0.15, -0.1) is 10.2 Å². The SMILES string of the molecule is CO/C(NC1CCCCC1)=C(\N=Nc1cccc2c1C(=O)N(CCCN1CCOCC1)C2=O)C(=O)NC1CCCCC1. The number of ether oxygens (including phenoxy) is 2. The summed E-state index contributed by atoms with van der Waals surface area (Å²) in [6.07, 6.45) is 11.3. The Morgan fingerprint density at radius 3 is 2.26 bits per heavy atom. The lowest BCUT2D eigenvalue weighted by Gasteiger charge is -2.27. The number of imide groups is 1. The summed E-state index contributed by atoms with van der Waals surface area (Å²) < 4.78 is 11.1. The molecule has 0 radical (unpaired) electrons. The highest BCUT2D eigenvalue weighted by Gasteiger charge is 2.37. The first-order valence-corrected chi connectivity index (χ1v) is 15.6. The molecule has 1 saturated heterocycles. The Morgan fingerprint density at radius 2 is 1.60 bits per heavy atom. The van der Waals surface area contributed by atoms with Crippen molar-refractivity contribution < 1.29 is 23.9 Å². The number of hydrogen-bond donors (Lipinski definition) is 2. The van der Waals surface area contributed by atoms with Crippen molar-refractivity contribution in [3.63, 3.8) is 0 Å². The van der Waals surface area contributed by atoms with Crippen LogP contribution in [-0.4, -0.2) is 86.1 Å². The summed E-state index contributed by atoms with van der Waals surface area (Å²) >= 11 is 0. The van der Waals surface area contributed by atoms with E-state index in [1.54, 1.807) is 18.2 Å². The largest absolute Gasteiger partial charge is 0.481 e. The van der Waals surface area contributed by atoms with E-state index in [4.69, 9.17) is 9.47 Å². The van der Waals surface area contributed by atoms with Gasteiger partial charge in [0.1, 0.15) is 0 Å². The maximum Gasteiger partial charge on any atom is 0.277 e. The van der Waals surface area contributed by atoms with E-state index < -0.39 is 0 Å². The Kier molecular flexibility index (Phi) is 10.6. The summed E-state index contributed by atoms with van der Waals surface area (Å²) in [5.74, 6) is -0.781. The topological polar surface area (TPSA) is 125 Å². The molecule has 11 heteroatoms. The number of amides is 3. The number of carbonyl (C=O) groups excluding carboxylic acids is 3. The van der Waals surface area contributed by atoms with Crippen molar-refractivity contribution in [3.8, 4) is 0 Å². The molecule has 5 rings (SSSR count). The number of benzene rings is 1. The zero-order valence-corrected chi connectivity index (χ0v) is 24.7. The number of methoxy groups -OCH3 is 1. The van der Waals surface area contributed by atoms with E-state index in [0.717, 1.165) is 71.0 Å². The van der Waals surface area contributed by atoms with E-state index >= 15 is 0 Å². The quantitative estimate of drug-likeness (QED) is 0.173. The lowest BCUT2D eigenvalue weighted by molar-refractivity contribution is -0.118. The normalized spacial score (nSPS) is 21.4. The second-order valence-corrected chi connectivity index (χ2v) is 11.6. The zero-order chi connectivity index (χ0) is 29.3. The molecule has 0 unspecified atom stereocenters. The molecule has 2 N–H and O–H groups in total. The summed E-state index contributed by atoms with van der Waals surface area (Å²) in [5.41, 5.74) is 0.846. The van der Waals surface area contributed by atoms with Gasteiger partial charge in [0.05, 0.1) is 37.1 Å². The number of hydrogen-bond acceptors (Lipinski definition) is 9. The Bertz CT molecular complexity index is 1180. The highest BCUT2D eigenvalue weighted by atomic mass is 16.5. The molecule has 3 fully saturated rings. The molecule has 2 aliphatic heterocycles. The predicted octanol–water partition coefficient (Wildman–Crippen LogP) is 4.28. The van der Waals surface area contributed by atoms with Crippen LogP contribution in [-0.2, 0) is 14.3 Å². The molecule has 2 aliphatic carbocycles. The van der Waals surface area contributed by atoms with Gasteiger partial charge >= 0.3 is 0 Å². The van der Waals surface area contributed by atoms with E-state index in [9.17, 15) is 14.4 Å². The van der Waals surface area contributed by atoms with Gasteiger partial charge in [0.25, 0.3) is 17.7 Å². The minimum absolute atomic E-state index is 0.0467. The molecule has 0 spiro atoms. The van der Waals surface area contributed by atoms with Crippen LogP contribution in [0.25, 0.3) is 0 Å². The molecule has 0 atom stereocenters. The maximum atomic E-state index is 13.5. The van der Waals surface area contributed by atoms with Crippen LogP contribution in [0, 0.1) is 0 Å². The number of morpholine rings is 1. The van der Waals surface area contributed by atoms with Gasteiger partial charge < -0.3 is 20.1 Å². The molecule has 0 aromatic heterocycles. The van der Waals surface area contributed by atoms with E-state index in [1.807, 2.05) is 0 Å². The number of rotatable bonds is 11. The average Bonchev–Trinajstić information content (AvgIpc) is 3.27. The number of carbonyl (C=O) groups is 3. The van der Waals surface area contributed by atoms with E-state index in [-0.39, 0.29) is 52.6 Å². The van der Waals surface area contributed by atoms with Crippen LogP contribution >= 0.6 is 0 Å². The molecule has 11 nitrogen and oxygen atoms in total. The Hall–Kier alpha value is -3.31. The predicted molar refractivity (Wildman–Crippen MR) is 157 cm³/mol. The van der Waals surface area contributed by atoms with Gasteiger partial charge in [-0.25, -0.2) is 0 Å². The summed E-state index contributed by atoms with van der Waals surface area (Å²) in [7, 11) is 1.52. The van der Waals surface area contributed by atoms with Crippen LogP contribution < -0.4 is 10.6 Å². The molecule has 1 aromatic carbocycles. The maximum absolute atomic E-state index is 13.5. The average molecular weight is 581 g/mol. The fraction of sp³-hybridized carbons (Fsp3) is 0.645. The van der Waals surface area contributed by atoms with Crippen LogP contribution in [0.1, 0.15) is 91.3 Å². The van der Waals surface area contributed by atoms with Crippen molar-refractivity contribution in [2.24, 2.45) is 10.2 Å². The first-order chi connectivity index (χ1) is 20.5. The number of nitrogens with zero attached hydrogens (tertiary/aromatic N) is 4. The Labute approximate surface area is 248 Å². The number of fused-ring (bicyclic) bond motifs is 1. The van der Waals surface area contributed by atoms with Crippen molar-refractivity contribution in [1.29, 1.82) is 0 Å². The molecular weight excluding hydrogens is 536 g/mol. The van der Waals surface area contributed by atoms with E-state index in [1.165, 1.54) is 24.9 Å². The smallest absolute Gasteiger partial charge is 0.277 e. The molecule has 2 saturated carbocycles. The third kappa shape index (κ3) is 7.36. The van der Waals surface area contributed by atoms with Gasteiger partial charge in [-0.1, -0.05) is 44.6 Å². The monoisotopic (exact) mass is 580 g/mol. The van der Waals surface area contributed by atoms with Crippen molar-refractivity contribution in [1.82, 2.24) is 20.4 Å². The second kappa shape index (κ2) is 14.7. The first-order valence-electron chi connectivity index (χ1n) is 15.6. The van der Waals surface area contributed by atoms with Gasteiger partial charge in [0.2, 0.25) is 11.6 Å². The van der Waals surface area contributed by atoms with Gasteiger partial charge in [0.15, 0.2) is 0 Å². The van der Waals surface area contributed by atoms with E-state index in [2.05, 4.69) is 25.8 Å². The van der Waals surface area contributed by atoms with Crippen molar-refractivity contribution in [2.45, 2.75) is 82.7 Å². The minimum Gasteiger partial charge on any atom is -0.481 e. The van der Waals surface area contributed by atoms with Gasteiger partial charge in [-0.3, -0.25) is 24.2 Å². The molecule has 42 heavy (non-hydrogen) atoms. The molecule has 228 valence electrons. The van der Waals surface area contributed by atoms with Crippen LogP contribution in [0.5, 0.6) is 0 Å². The summed E-state index contributed by atoms with van der Waals surface area (Å²) in [6, 6.07) is 5.26. The summed E-state index contributed by atoms with van der Waals surface area (Å²) in [5, 5.41) is 15.3. The molecule has 4 aliphatic rings. The van der Waals surface area contributed by atoms with Crippen LogP contribution in [0.2, 0.25) is 0 Å². The Morgan fingerprint density at radius 1 is 0.929 bits per heavy atom.